The maximum Gasteiger partial charge on any atom is 0.337 e. The number of benzene rings is 2. The molecule has 0 spiro atoms. The molecule has 0 heterocycles. The van der Waals surface area contributed by atoms with E-state index in [1.54, 1.807) is 6.07 Å². The fourth-order valence-corrected chi connectivity index (χ4v) is 3.22. The first-order chi connectivity index (χ1) is 9.47. The van der Waals surface area contributed by atoms with Crippen LogP contribution in [0.5, 0.6) is 0 Å². The van der Waals surface area contributed by atoms with Crippen LogP contribution < -0.4 is 0 Å². The molecule has 2 aromatic rings. The molecule has 0 bridgehead atoms. The minimum atomic E-state index is -1.31. The number of carboxylic acid groups (broad SMARTS) is 1. The molecule has 0 aliphatic heterocycles. The Morgan fingerprint density at radius 1 is 1.20 bits per heavy atom. The van der Waals surface area contributed by atoms with E-state index in [4.69, 9.17) is 16.7 Å². The normalized spacial score (nSPS) is 12.1. The van der Waals surface area contributed by atoms with Gasteiger partial charge in [-0.1, -0.05) is 39.7 Å². The van der Waals surface area contributed by atoms with E-state index in [0.29, 0.717) is 10.6 Å². The van der Waals surface area contributed by atoms with Gasteiger partial charge in [-0.25, -0.2) is 4.79 Å². The molecule has 3 nitrogen and oxygen atoms in total. The molecule has 2 aromatic carbocycles. The summed E-state index contributed by atoms with van der Waals surface area (Å²) >= 11 is 9.12. The fourth-order valence-electron chi connectivity index (χ4n) is 1.63. The van der Waals surface area contributed by atoms with Gasteiger partial charge in [0.15, 0.2) is 0 Å². The molecule has 1 unspecified atom stereocenters. The summed E-state index contributed by atoms with van der Waals surface area (Å²) in [5, 5.41) is 9.14. The number of halogens is 2. The quantitative estimate of drug-likeness (QED) is 0.877. The summed E-state index contributed by atoms with van der Waals surface area (Å²) in [7, 11) is -1.31. The van der Waals surface area contributed by atoms with Crippen LogP contribution in [0.15, 0.2) is 51.8 Å². The molecule has 0 saturated heterocycles. The molecule has 6 heteroatoms. The molecule has 0 fully saturated rings. The molecule has 1 atom stereocenters. The largest absolute Gasteiger partial charge is 0.478 e. The van der Waals surface area contributed by atoms with E-state index >= 15 is 0 Å². The molecule has 0 aromatic heterocycles. The monoisotopic (exact) mass is 372 g/mol. The van der Waals surface area contributed by atoms with Crippen molar-refractivity contribution >= 4 is 44.3 Å². The van der Waals surface area contributed by atoms with Gasteiger partial charge in [-0.3, -0.25) is 4.21 Å². The van der Waals surface area contributed by atoms with E-state index in [1.807, 2.05) is 24.3 Å². The Hall–Kier alpha value is -1.17. The van der Waals surface area contributed by atoms with Gasteiger partial charge in [-0.15, -0.1) is 0 Å². The second kappa shape index (κ2) is 6.52. The van der Waals surface area contributed by atoms with Gasteiger partial charge in [0, 0.05) is 9.37 Å². The van der Waals surface area contributed by atoms with Crippen LogP contribution in [-0.2, 0) is 16.6 Å². The predicted molar refractivity (Wildman–Crippen MR) is 82.7 cm³/mol. The Balaban J connectivity index is 2.23. The summed E-state index contributed by atoms with van der Waals surface area (Å²) in [5.41, 5.74) is 0.881. The number of rotatable bonds is 4. The van der Waals surface area contributed by atoms with Crippen LogP contribution in [0.25, 0.3) is 0 Å². The predicted octanol–water partition coefficient (Wildman–Crippen LogP) is 4.11. The van der Waals surface area contributed by atoms with E-state index < -0.39 is 16.8 Å². The minimum Gasteiger partial charge on any atom is -0.478 e. The Morgan fingerprint density at radius 3 is 2.45 bits per heavy atom. The number of carboxylic acids is 1. The van der Waals surface area contributed by atoms with Crippen LogP contribution in [0.4, 0.5) is 0 Å². The Kier molecular flexibility index (Phi) is 4.96. The van der Waals surface area contributed by atoms with E-state index in [9.17, 15) is 9.00 Å². The molecule has 1 N–H and O–H groups in total. The fraction of sp³-hybridized carbons (Fsp3) is 0.0714. The first-order valence-corrected chi connectivity index (χ1v) is 8.12. The first-order valence-electron chi connectivity index (χ1n) is 5.63. The maximum absolute atomic E-state index is 12.2. The molecule has 104 valence electrons. The lowest BCUT2D eigenvalue weighted by Gasteiger charge is -2.05. The van der Waals surface area contributed by atoms with Gasteiger partial charge >= 0.3 is 5.97 Å². The highest BCUT2D eigenvalue weighted by molar-refractivity contribution is 9.10. The molecule has 2 rings (SSSR count). The van der Waals surface area contributed by atoms with Crippen molar-refractivity contribution in [3.63, 3.8) is 0 Å². The van der Waals surface area contributed by atoms with Crippen molar-refractivity contribution in [1.82, 2.24) is 0 Å². The van der Waals surface area contributed by atoms with Crippen LogP contribution in [0.1, 0.15) is 15.9 Å². The van der Waals surface area contributed by atoms with Gasteiger partial charge in [-0.2, -0.15) is 0 Å². The summed E-state index contributed by atoms with van der Waals surface area (Å²) in [5.74, 6) is -0.800. The van der Waals surface area contributed by atoms with Gasteiger partial charge in [0.2, 0.25) is 0 Å². The number of hydrogen-bond donors (Lipinski definition) is 1. The lowest BCUT2D eigenvalue weighted by Crippen LogP contribution is -2.02. The standard InChI is InChI=1S/C14H10BrClO3S/c15-10-3-1-9(2-4-10)8-20(19)11-5-6-13(16)12(7-11)14(17)18/h1-7H,8H2,(H,17,18). The van der Waals surface area contributed by atoms with Crippen molar-refractivity contribution in [1.29, 1.82) is 0 Å². The van der Waals surface area contributed by atoms with E-state index in [-0.39, 0.29) is 10.6 Å². The number of hydrogen-bond acceptors (Lipinski definition) is 2. The van der Waals surface area contributed by atoms with Crippen molar-refractivity contribution in [3.05, 3.63) is 63.1 Å². The average Bonchev–Trinajstić information content (AvgIpc) is 2.41. The summed E-state index contributed by atoms with van der Waals surface area (Å²) < 4.78 is 13.2. The Labute approximate surface area is 132 Å². The first kappa shape index (κ1) is 15.2. The lowest BCUT2D eigenvalue weighted by molar-refractivity contribution is 0.0697. The van der Waals surface area contributed by atoms with Crippen molar-refractivity contribution in [2.45, 2.75) is 10.6 Å². The third-order valence-corrected chi connectivity index (χ3v) is 4.88. The molecule has 0 aliphatic rings. The van der Waals surface area contributed by atoms with Crippen LogP contribution in [0.2, 0.25) is 5.02 Å². The third kappa shape index (κ3) is 3.69. The number of carbonyl (C=O) groups is 1. The third-order valence-electron chi connectivity index (χ3n) is 2.64. The smallest absolute Gasteiger partial charge is 0.337 e. The molecule has 0 radical (unpaired) electrons. The van der Waals surface area contributed by atoms with Crippen molar-refractivity contribution in [2.75, 3.05) is 0 Å². The average molecular weight is 374 g/mol. The molecule has 0 aliphatic carbocycles. The molecule has 0 amide bonds. The van der Waals surface area contributed by atoms with Crippen LogP contribution in [0, 0.1) is 0 Å². The van der Waals surface area contributed by atoms with E-state index in [1.165, 1.54) is 12.1 Å². The zero-order chi connectivity index (χ0) is 14.7. The molecular formula is C14H10BrClO3S. The highest BCUT2D eigenvalue weighted by Gasteiger charge is 2.13. The summed E-state index contributed by atoms with van der Waals surface area (Å²) in [6, 6.07) is 11.9. The van der Waals surface area contributed by atoms with Gasteiger partial charge in [0.25, 0.3) is 0 Å². The Morgan fingerprint density at radius 2 is 1.85 bits per heavy atom. The SMILES string of the molecule is O=C(O)c1cc(S(=O)Cc2ccc(Br)cc2)ccc1Cl. The van der Waals surface area contributed by atoms with Gasteiger partial charge in [-0.05, 0) is 35.9 Å². The number of aromatic carboxylic acids is 1. The Bertz CT molecular complexity index is 671. The lowest BCUT2D eigenvalue weighted by atomic mass is 10.2. The van der Waals surface area contributed by atoms with Gasteiger partial charge in [0.05, 0.1) is 27.1 Å². The minimum absolute atomic E-state index is 0.0340. The van der Waals surface area contributed by atoms with E-state index in [0.717, 1.165) is 10.0 Å². The zero-order valence-electron chi connectivity index (χ0n) is 10.2. The molecule has 0 saturated carbocycles. The van der Waals surface area contributed by atoms with Crippen molar-refractivity contribution < 1.29 is 14.1 Å². The maximum atomic E-state index is 12.2. The van der Waals surface area contributed by atoms with Crippen LogP contribution >= 0.6 is 27.5 Å². The topological polar surface area (TPSA) is 54.4 Å². The zero-order valence-corrected chi connectivity index (χ0v) is 13.3. The van der Waals surface area contributed by atoms with Crippen LogP contribution in [-0.4, -0.2) is 15.3 Å². The second-order valence-electron chi connectivity index (χ2n) is 4.06. The van der Waals surface area contributed by atoms with Gasteiger partial charge in [0.1, 0.15) is 0 Å². The highest BCUT2D eigenvalue weighted by atomic mass is 79.9. The molecular weight excluding hydrogens is 364 g/mol. The molecule has 20 heavy (non-hydrogen) atoms. The van der Waals surface area contributed by atoms with E-state index in [2.05, 4.69) is 15.9 Å². The van der Waals surface area contributed by atoms with Gasteiger partial charge < -0.3 is 5.11 Å². The highest BCUT2D eigenvalue weighted by Crippen LogP contribution is 2.21. The van der Waals surface area contributed by atoms with Crippen molar-refractivity contribution in [3.8, 4) is 0 Å². The summed E-state index contributed by atoms with van der Waals surface area (Å²) in [6.07, 6.45) is 0. The summed E-state index contributed by atoms with van der Waals surface area (Å²) in [6.45, 7) is 0. The van der Waals surface area contributed by atoms with Crippen molar-refractivity contribution in [2.24, 2.45) is 0 Å². The second-order valence-corrected chi connectivity index (χ2v) is 6.84. The van der Waals surface area contributed by atoms with Crippen LogP contribution in [0.3, 0.4) is 0 Å². The summed E-state index contributed by atoms with van der Waals surface area (Å²) in [4.78, 5) is 11.5.